The highest BCUT2D eigenvalue weighted by Gasteiger charge is 2.14. The van der Waals surface area contributed by atoms with Crippen LogP contribution in [0.4, 0.5) is 5.69 Å². The molecule has 7 heteroatoms. The molecule has 0 fully saturated rings. The number of oxime groups is 1. The van der Waals surface area contributed by atoms with E-state index in [9.17, 15) is 10.1 Å². The number of nitro benzene ring substituents is 1. The normalized spacial score (nSPS) is 13.2. The minimum atomic E-state index is -0.401. The number of nitro groups is 1. The Morgan fingerprint density at radius 2 is 2.26 bits per heavy atom. The molecule has 0 radical (unpaired) electrons. The van der Waals surface area contributed by atoms with Gasteiger partial charge in [-0.15, -0.1) is 0 Å². The van der Waals surface area contributed by atoms with Crippen molar-refractivity contribution in [3.8, 4) is 0 Å². The first kappa shape index (κ1) is 14.9. The third kappa shape index (κ3) is 4.55. The van der Waals surface area contributed by atoms with E-state index in [4.69, 9.17) is 10.9 Å². The number of hydrogen-bond donors (Lipinski definition) is 3. The van der Waals surface area contributed by atoms with E-state index < -0.39 is 4.92 Å². The average Bonchev–Trinajstić information content (AvgIpc) is 2.43. The minimum Gasteiger partial charge on any atom is -0.409 e. The van der Waals surface area contributed by atoms with Gasteiger partial charge in [-0.05, 0) is 6.42 Å². The van der Waals surface area contributed by atoms with Crippen molar-refractivity contribution in [3.05, 3.63) is 39.9 Å². The first-order chi connectivity index (χ1) is 9.08. The van der Waals surface area contributed by atoms with Crippen molar-refractivity contribution in [2.75, 3.05) is 0 Å². The van der Waals surface area contributed by atoms with E-state index in [1.165, 1.54) is 6.07 Å². The third-order valence-electron chi connectivity index (χ3n) is 2.85. The second-order valence-electron chi connectivity index (χ2n) is 4.17. The van der Waals surface area contributed by atoms with Gasteiger partial charge in [0.05, 0.1) is 4.92 Å². The van der Waals surface area contributed by atoms with Crippen molar-refractivity contribution in [3.63, 3.8) is 0 Å². The first-order valence-corrected chi connectivity index (χ1v) is 6.00. The molecule has 0 aliphatic carbocycles. The first-order valence-electron chi connectivity index (χ1n) is 6.00. The lowest BCUT2D eigenvalue weighted by Crippen LogP contribution is -2.32. The summed E-state index contributed by atoms with van der Waals surface area (Å²) in [7, 11) is 0. The molecule has 0 saturated heterocycles. The van der Waals surface area contributed by atoms with Gasteiger partial charge in [-0.25, -0.2) is 0 Å². The van der Waals surface area contributed by atoms with Crippen LogP contribution >= 0.6 is 0 Å². The molecule has 1 unspecified atom stereocenters. The van der Waals surface area contributed by atoms with Crippen LogP contribution < -0.4 is 11.1 Å². The highest BCUT2D eigenvalue weighted by atomic mass is 16.6. The van der Waals surface area contributed by atoms with Crippen LogP contribution in [0, 0.1) is 10.1 Å². The van der Waals surface area contributed by atoms with Crippen LogP contribution in [0.2, 0.25) is 0 Å². The van der Waals surface area contributed by atoms with E-state index >= 15 is 0 Å². The van der Waals surface area contributed by atoms with Crippen LogP contribution in [0.1, 0.15) is 25.3 Å². The Bertz CT molecular complexity index is 462. The predicted molar refractivity (Wildman–Crippen MR) is 72.0 cm³/mol. The Morgan fingerprint density at radius 1 is 1.58 bits per heavy atom. The highest BCUT2D eigenvalue weighted by Crippen LogP contribution is 2.17. The number of nitrogens with two attached hydrogens (primary N) is 1. The Labute approximate surface area is 111 Å². The van der Waals surface area contributed by atoms with E-state index in [0.29, 0.717) is 18.5 Å². The molecule has 0 aromatic heterocycles. The number of amidine groups is 1. The van der Waals surface area contributed by atoms with Crippen LogP contribution in [-0.2, 0) is 6.54 Å². The maximum absolute atomic E-state index is 10.9. The van der Waals surface area contributed by atoms with Gasteiger partial charge in [0.1, 0.15) is 5.84 Å². The molecule has 0 saturated carbocycles. The lowest BCUT2D eigenvalue weighted by Gasteiger charge is -2.16. The standard InChI is InChI=1S/C12H18N4O3/c1-2-10(7-12(13)15-17)14-8-9-5-3-4-6-11(9)16(18)19/h3-6,10,14,17H,2,7-8H2,1H3,(H2,13,15). The Balaban J connectivity index is 2.67. The molecule has 1 atom stereocenters. The molecule has 0 heterocycles. The van der Waals surface area contributed by atoms with E-state index in [0.717, 1.165) is 6.42 Å². The molecule has 1 rings (SSSR count). The predicted octanol–water partition coefficient (Wildman–Crippen LogP) is 1.60. The minimum absolute atomic E-state index is 0.00992. The van der Waals surface area contributed by atoms with E-state index in [1.807, 2.05) is 6.92 Å². The smallest absolute Gasteiger partial charge is 0.273 e. The zero-order chi connectivity index (χ0) is 14.3. The van der Waals surface area contributed by atoms with Gasteiger partial charge in [-0.3, -0.25) is 10.1 Å². The molecule has 4 N–H and O–H groups in total. The topological polar surface area (TPSA) is 114 Å². The summed E-state index contributed by atoms with van der Waals surface area (Å²) in [6.07, 6.45) is 1.17. The van der Waals surface area contributed by atoms with Crippen molar-refractivity contribution >= 4 is 11.5 Å². The van der Waals surface area contributed by atoms with Gasteiger partial charge in [0.15, 0.2) is 0 Å². The van der Waals surface area contributed by atoms with Gasteiger partial charge in [0.25, 0.3) is 5.69 Å². The summed E-state index contributed by atoms with van der Waals surface area (Å²) >= 11 is 0. The third-order valence-corrected chi connectivity index (χ3v) is 2.85. The van der Waals surface area contributed by atoms with Crippen molar-refractivity contribution < 1.29 is 10.1 Å². The second kappa shape index (κ2) is 7.32. The van der Waals surface area contributed by atoms with Crippen molar-refractivity contribution in [1.82, 2.24) is 5.32 Å². The SMILES string of the molecule is CCC(CC(N)=NO)NCc1ccccc1[N+](=O)[O-]. The molecular formula is C12H18N4O3. The molecule has 1 aromatic carbocycles. The largest absolute Gasteiger partial charge is 0.409 e. The maximum atomic E-state index is 10.9. The van der Waals surface area contributed by atoms with E-state index in [2.05, 4.69) is 10.5 Å². The average molecular weight is 266 g/mol. The molecule has 0 aliphatic heterocycles. The van der Waals surface area contributed by atoms with Crippen molar-refractivity contribution in [2.45, 2.75) is 32.4 Å². The molecule has 0 amide bonds. The summed E-state index contributed by atoms with van der Waals surface area (Å²) < 4.78 is 0. The van der Waals surface area contributed by atoms with E-state index in [1.54, 1.807) is 18.2 Å². The molecule has 0 spiro atoms. The van der Waals surface area contributed by atoms with Crippen LogP contribution in [0.25, 0.3) is 0 Å². The second-order valence-corrected chi connectivity index (χ2v) is 4.17. The van der Waals surface area contributed by atoms with Crippen LogP contribution in [0.5, 0.6) is 0 Å². The Morgan fingerprint density at radius 3 is 2.84 bits per heavy atom. The maximum Gasteiger partial charge on any atom is 0.273 e. The van der Waals surface area contributed by atoms with Gasteiger partial charge in [-0.1, -0.05) is 30.3 Å². The number of nitrogens with one attached hydrogen (secondary N) is 1. The molecule has 104 valence electrons. The number of nitrogens with zero attached hydrogens (tertiary/aromatic N) is 2. The molecule has 19 heavy (non-hydrogen) atoms. The zero-order valence-electron chi connectivity index (χ0n) is 10.7. The molecule has 0 aliphatic rings. The molecular weight excluding hydrogens is 248 g/mol. The Kier molecular flexibility index (Phi) is 5.74. The lowest BCUT2D eigenvalue weighted by molar-refractivity contribution is -0.385. The zero-order valence-corrected chi connectivity index (χ0v) is 10.7. The number of benzene rings is 1. The van der Waals surface area contributed by atoms with Gasteiger partial charge >= 0.3 is 0 Å². The Hall–Kier alpha value is -2.15. The highest BCUT2D eigenvalue weighted by molar-refractivity contribution is 5.80. The molecule has 1 aromatic rings. The van der Waals surface area contributed by atoms with Crippen LogP contribution in [-0.4, -0.2) is 22.0 Å². The number of hydrogen-bond acceptors (Lipinski definition) is 5. The van der Waals surface area contributed by atoms with Crippen LogP contribution in [0.15, 0.2) is 29.4 Å². The fourth-order valence-corrected chi connectivity index (χ4v) is 1.75. The van der Waals surface area contributed by atoms with Crippen molar-refractivity contribution in [2.24, 2.45) is 10.9 Å². The fourth-order valence-electron chi connectivity index (χ4n) is 1.75. The van der Waals surface area contributed by atoms with Gasteiger partial charge < -0.3 is 16.3 Å². The summed E-state index contributed by atoms with van der Waals surface area (Å²) in [6.45, 7) is 2.33. The molecule has 7 nitrogen and oxygen atoms in total. The lowest BCUT2D eigenvalue weighted by atomic mass is 10.1. The molecule has 0 bridgehead atoms. The van der Waals surface area contributed by atoms with Gasteiger partial charge in [-0.2, -0.15) is 0 Å². The van der Waals surface area contributed by atoms with Crippen molar-refractivity contribution in [1.29, 1.82) is 0 Å². The van der Waals surface area contributed by atoms with Gasteiger partial charge in [0.2, 0.25) is 0 Å². The van der Waals surface area contributed by atoms with Crippen LogP contribution in [0.3, 0.4) is 0 Å². The number of rotatable bonds is 7. The fraction of sp³-hybridized carbons (Fsp3) is 0.417. The summed E-state index contributed by atoms with van der Waals surface area (Å²) in [5, 5.41) is 25.5. The number of para-hydroxylation sites is 1. The van der Waals surface area contributed by atoms with Gasteiger partial charge in [0, 0.05) is 30.6 Å². The quantitative estimate of drug-likeness (QED) is 0.228. The monoisotopic (exact) mass is 266 g/mol. The summed E-state index contributed by atoms with van der Waals surface area (Å²) in [5.41, 5.74) is 6.16. The summed E-state index contributed by atoms with van der Waals surface area (Å²) in [6, 6.07) is 6.59. The summed E-state index contributed by atoms with van der Waals surface area (Å²) in [5.74, 6) is 0.141. The van der Waals surface area contributed by atoms with E-state index in [-0.39, 0.29) is 17.6 Å². The summed E-state index contributed by atoms with van der Waals surface area (Å²) in [4.78, 5) is 10.5.